The molecule has 2 N–H and O–H groups in total. The predicted molar refractivity (Wildman–Crippen MR) is 65.0 cm³/mol. The first-order valence-electron chi connectivity index (χ1n) is 5.16. The Morgan fingerprint density at radius 3 is 2.53 bits per heavy atom. The molecule has 15 heavy (non-hydrogen) atoms. The molecule has 0 amide bonds. The van der Waals surface area contributed by atoms with Crippen LogP contribution in [0, 0.1) is 5.92 Å². The largest absolute Gasteiger partial charge is 0.398 e. The summed E-state index contributed by atoms with van der Waals surface area (Å²) >= 11 is 5.81. The van der Waals surface area contributed by atoms with E-state index in [1.807, 2.05) is 12.1 Å². The molecule has 0 spiro atoms. The molecule has 0 bridgehead atoms. The second kappa shape index (κ2) is 5.38. The van der Waals surface area contributed by atoms with E-state index in [0.717, 1.165) is 5.56 Å². The molecule has 1 aromatic carbocycles. The molecule has 1 rings (SSSR count). The van der Waals surface area contributed by atoms with Gasteiger partial charge in [0.15, 0.2) is 0 Å². The molecule has 0 aliphatic rings. The monoisotopic (exact) mass is 227 g/mol. The van der Waals surface area contributed by atoms with Crippen LogP contribution in [0.15, 0.2) is 18.2 Å². The maximum Gasteiger partial charge on any atom is 0.0740 e. The summed E-state index contributed by atoms with van der Waals surface area (Å²) in [6, 6.07) is 5.49. The molecule has 0 aromatic heterocycles. The molecule has 0 saturated carbocycles. The Balaban J connectivity index is 2.58. The molecule has 1 aromatic rings. The maximum atomic E-state index is 5.82. The molecule has 0 heterocycles. The second-order valence-corrected chi connectivity index (χ2v) is 4.54. The van der Waals surface area contributed by atoms with Crippen LogP contribution in [0.25, 0.3) is 0 Å². The Kier molecular flexibility index (Phi) is 4.43. The molecular formula is C12H18ClNO. The molecule has 0 fully saturated rings. The van der Waals surface area contributed by atoms with Crippen LogP contribution in [0.2, 0.25) is 5.02 Å². The van der Waals surface area contributed by atoms with Crippen molar-refractivity contribution in [2.24, 2.45) is 5.92 Å². The zero-order chi connectivity index (χ0) is 11.4. The Labute approximate surface area is 96.4 Å². The number of hydrogen-bond acceptors (Lipinski definition) is 2. The fraction of sp³-hybridized carbons (Fsp3) is 0.500. The molecule has 2 nitrogen and oxygen atoms in total. The number of ether oxygens (including phenoxy) is 1. The predicted octanol–water partition coefficient (Wildman–Crippen LogP) is 3.48. The zero-order valence-corrected chi connectivity index (χ0v) is 10.2. The number of rotatable bonds is 4. The number of nitrogen functional groups attached to an aromatic ring is 1. The van der Waals surface area contributed by atoms with Gasteiger partial charge in [0.1, 0.15) is 0 Å². The highest BCUT2D eigenvalue weighted by Crippen LogP contribution is 2.19. The molecule has 84 valence electrons. The smallest absolute Gasteiger partial charge is 0.0740 e. The minimum absolute atomic E-state index is 0.236. The lowest BCUT2D eigenvalue weighted by atomic mass is 10.1. The van der Waals surface area contributed by atoms with Crippen LogP contribution in [0.4, 0.5) is 5.69 Å². The van der Waals surface area contributed by atoms with Gasteiger partial charge in [0.2, 0.25) is 0 Å². The van der Waals surface area contributed by atoms with Crippen molar-refractivity contribution >= 4 is 17.3 Å². The summed E-state index contributed by atoms with van der Waals surface area (Å²) in [5, 5.41) is 0.660. The lowest BCUT2D eigenvalue weighted by Gasteiger charge is -2.17. The van der Waals surface area contributed by atoms with Gasteiger partial charge in [-0.1, -0.05) is 31.5 Å². The Bertz CT molecular complexity index is 325. The van der Waals surface area contributed by atoms with E-state index in [9.17, 15) is 0 Å². The van der Waals surface area contributed by atoms with Crippen molar-refractivity contribution in [2.75, 3.05) is 5.73 Å². The summed E-state index contributed by atoms with van der Waals surface area (Å²) in [5.41, 5.74) is 7.50. The summed E-state index contributed by atoms with van der Waals surface area (Å²) in [4.78, 5) is 0. The van der Waals surface area contributed by atoms with E-state index in [4.69, 9.17) is 22.1 Å². The Morgan fingerprint density at radius 2 is 2.00 bits per heavy atom. The third-order valence-electron chi connectivity index (χ3n) is 2.55. The van der Waals surface area contributed by atoms with Crippen LogP contribution in [0.5, 0.6) is 0 Å². The summed E-state index contributed by atoms with van der Waals surface area (Å²) in [6.45, 7) is 6.88. The Morgan fingerprint density at radius 1 is 1.33 bits per heavy atom. The maximum absolute atomic E-state index is 5.82. The lowest BCUT2D eigenvalue weighted by molar-refractivity contribution is 0.0238. The highest BCUT2D eigenvalue weighted by molar-refractivity contribution is 6.30. The average Bonchev–Trinajstić information content (AvgIpc) is 2.15. The van der Waals surface area contributed by atoms with Gasteiger partial charge in [-0.15, -0.1) is 0 Å². The standard InChI is InChI=1S/C12H18ClNO/c1-8(2)9(3)15-7-10-4-5-11(13)6-12(10)14/h4-6,8-9H,7,14H2,1-3H3. The minimum Gasteiger partial charge on any atom is -0.398 e. The average molecular weight is 228 g/mol. The molecule has 3 heteroatoms. The van der Waals surface area contributed by atoms with Gasteiger partial charge >= 0.3 is 0 Å². The highest BCUT2D eigenvalue weighted by atomic mass is 35.5. The van der Waals surface area contributed by atoms with Crippen LogP contribution < -0.4 is 5.73 Å². The lowest BCUT2D eigenvalue weighted by Crippen LogP contribution is -2.15. The fourth-order valence-electron chi connectivity index (χ4n) is 1.11. The number of anilines is 1. The van der Waals surface area contributed by atoms with Gasteiger partial charge in [0.05, 0.1) is 12.7 Å². The molecule has 0 aliphatic heterocycles. The summed E-state index contributed by atoms with van der Waals surface area (Å²) < 4.78 is 5.69. The normalized spacial score (nSPS) is 13.1. The van der Waals surface area contributed by atoms with Crippen LogP contribution in [0.1, 0.15) is 26.3 Å². The molecule has 1 unspecified atom stereocenters. The number of hydrogen-bond donors (Lipinski definition) is 1. The van der Waals surface area contributed by atoms with Gasteiger partial charge in [0, 0.05) is 16.3 Å². The van der Waals surface area contributed by atoms with Gasteiger partial charge < -0.3 is 10.5 Å². The van der Waals surface area contributed by atoms with E-state index in [1.54, 1.807) is 6.07 Å². The van der Waals surface area contributed by atoms with Gasteiger partial charge in [0.25, 0.3) is 0 Å². The molecule has 0 radical (unpaired) electrons. The SMILES string of the molecule is CC(C)C(C)OCc1ccc(Cl)cc1N. The van der Waals surface area contributed by atoms with Crippen molar-refractivity contribution in [2.45, 2.75) is 33.5 Å². The summed E-state index contributed by atoms with van der Waals surface area (Å²) in [7, 11) is 0. The van der Waals surface area contributed by atoms with Gasteiger partial charge in [-0.05, 0) is 25.0 Å². The third-order valence-corrected chi connectivity index (χ3v) is 2.78. The number of benzene rings is 1. The Hall–Kier alpha value is -0.730. The highest BCUT2D eigenvalue weighted by Gasteiger charge is 2.08. The van der Waals surface area contributed by atoms with Crippen molar-refractivity contribution in [3.8, 4) is 0 Å². The van der Waals surface area contributed by atoms with Gasteiger partial charge in [-0.2, -0.15) is 0 Å². The second-order valence-electron chi connectivity index (χ2n) is 4.10. The first kappa shape index (κ1) is 12.3. The first-order valence-corrected chi connectivity index (χ1v) is 5.54. The zero-order valence-electron chi connectivity index (χ0n) is 9.46. The fourth-order valence-corrected chi connectivity index (χ4v) is 1.29. The topological polar surface area (TPSA) is 35.2 Å². The van der Waals surface area contributed by atoms with Crippen molar-refractivity contribution < 1.29 is 4.74 Å². The number of halogens is 1. The van der Waals surface area contributed by atoms with E-state index in [-0.39, 0.29) is 6.10 Å². The summed E-state index contributed by atoms with van der Waals surface area (Å²) in [6.07, 6.45) is 0.236. The third kappa shape index (κ3) is 3.73. The number of nitrogens with two attached hydrogens (primary N) is 1. The van der Waals surface area contributed by atoms with Crippen molar-refractivity contribution in [1.82, 2.24) is 0 Å². The van der Waals surface area contributed by atoms with E-state index in [1.165, 1.54) is 0 Å². The van der Waals surface area contributed by atoms with Gasteiger partial charge in [-0.25, -0.2) is 0 Å². The molecule has 0 aliphatic carbocycles. The molecule has 1 atom stereocenters. The van der Waals surface area contributed by atoms with Crippen LogP contribution in [-0.2, 0) is 11.3 Å². The van der Waals surface area contributed by atoms with Crippen molar-refractivity contribution in [3.05, 3.63) is 28.8 Å². The molecule has 0 saturated heterocycles. The minimum atomic E-state index is 0.236. The first-order chi connectivity index (χ1) is 7.00. The van der Waals surface area contributed by atoms with Crippen molar-refractivity contribution in [3.63, 3.8) is 0 Å². The van der Waals surface area contributed by atoms with E-state index >= 15 is 0 Å². The van der Waals surface area contributed by atoms with E-state index < -0.39 is 0 Å². The van der Waals surface area contributed by atoms with Crippen LogP contribution in [-0.4, -0.2) is 6.10 Å². The van der Waals surface area contributed by atoms with Crippen LogP contribution in [0.3, 0.4) is 0 Å². The van der Waals surface area contributed by atoms with Gasteiger partial charge in [-0.3, -0.25) is 0 Å². The quantitative estimate of drug-likeness (QED) is 0.800. The van der Waals surface area contributed by atoms with Crippen LogP contribution >= 0.6 is 11.6 Å². The van der Waals surface area contributed by atoms with Crippen molar-refractivity contribution in [1.29, 1.82) is 0 Å². The summed E-state index contributed by atoms with van der Waals surface area (Å²) in [5.74, 6) is 0.513. The van der Waals surface area contributed by atoms with E-state index in [0.29, 0.717) is 23.2 Å². The molecular weight excluding hydrogens is 210 g/mol. The van der Waals surface area contributed by atoms with E-state index in [2.05, 4.69) is 20.8 Å².